The van der Waals surface area contributed by atoms with Crippen molar-refractivity contribution in [2.24, 2.45) is 7.05 Å². The van der Waals surface area contributed by atoms with Crippen LogP contribution in [0.4, 0.5) is 0 Å². The maximum absolute atomic E-state index is 9.36. The second-order valence-electron chi connectivity index (χ2n) is 3.14. The zero-order valence-corrected chi connectivity index (χ0v) is 6.62. The molecule has 1 aromatic rings. The second-order valence-corrected chi connectivity index (χ2v) is 3.14. The molecular weight excluding hydrogens is 140 g/mol. The molecule has 0 radical (unpaired) electrons. The van der Waals surface area contributed by atoms with Crippen molar-refractivity contribution in [2.75, 3.05) is 0 Å². The molecule has 0 amide bonds. The Morgan fingerprint density at radius 3 is 3.36 bits per heavy atom. The number of hydrogen-bond donors (Lipinski definition) is 1. The minimum Gasteiger partial charge on any atom is -0.393 e. The minimum atomic E-state index is -0.155. The summed E-state index contributed by atoms with van der Waals surface area (Å²) >= 11 is 0. The number of aliphatic hydroxyl groups excluding tert-OH is 1. The van der Waals surface area contributed by atoms with Crippen LogP contribution < -0.4 is 0 Å². The zero-order chi connectivity index (χ0) is 7.84. The maximum Gasteiger partial charge on any atom is 0.0598 e. The van der Waals surface area contributed by atoms with Gasteiger partial charge in [0.05, 0.1) is 12.3 Å². The van der Waals surface area contributed by atoms with Crippen LogP contribution in [0.2, 0.25) is 0 Å². The molecule has 0 saturated carbocycles. The van der Waals surface area contributed by atoms with E-state index in [9.17, 15) is 5.11 Å². The van der Waals surface area contributed by atoms with E-state index in [0.29, 0.717) is 0 Å². The van der Waals surface area contributed by atoms with Gasteiger partial charge in [0.15, 0.2) is 0 Å². The first kappa shape index (κ1) is 6.85. The third-order valence-corrected chi connectivity index (χ3v) is 2.32. The Balaban J connectivity index is 2.37. The molecule has 1 N–H and O–H groups in total. The predicted octanol–water partition coefficient (Wildman–Crippen LogP) is 0.270. The van der Waals surface area contributed by atoms with E-state index < -0.39 is 0 Å². The Hall–Kier alpha value is -0.830. The van der Waals surface area contributed by atoms with Gasteiger partial charge in [0.2, 0.25) is 0 Å². The molecule has 0 fully saturated rings. The third-order valence-electron chi connectivity index (χ3n) is 2.32. The summed E-state index contributed by atoms with van der Waals surface area (Å²) < 4.78 is 1.86. The summed E-state index contributed by atoms with van der Waals surface area (Å²) in [7, 11) is 1.93. The molecule has 0 aliphatic heterocycles. The number of nitrogens with zero attached hydrogens (tertiary/aromatic N) is 2. The molecule has 0 aromatic carbocycles. The molecule has 1 aliphatic carbocycles. The molecule has 1 unspecified atom stereocenters. The monoisotopic (exact) mass is 152 g/mol. The van der Waals surface area contributed by atoms with Crippen LogP contribution in [0.5, 0.6) is 0 Å². The lowest BCUT2D eigenvalue weighted by molar-refractivity contribution is 0.156. The van der Waals surface area contributed by atoms with Gasteiger partial charge < -0.3 is 5.11 Å². The fourth-order valence-electron chi connectivity index (χ4n) is 1.63. The lowest BCUT2D eigenvalue weighted by Crippen LogP contribution is -2.19. The fraction of sp³-hybridized carbons (Fsp3) is 0.625. The normalized spacial score (nSPS) is 23.3. The summed E-state index contributed by atoms with van der Waals surface area (Å²) in [5, 5.41) is 13.5. The van der Waals surface area contributed by atoms with E-state index in [1.165, 1.54) is 11.3 Å². The number of rotatable bonds is 0. The van der Waals surface area contributed by atoms with Crippen molar-refractivity contribution in [2.45, 2.75) is 25.4 Å². The SMILES string of the molecule is Cn1ncc2c1CC(O)CC2. The standard InChI is InChI=1S/C8H12N2O/c1-10-8-4-7(11)3-2-6(8)5-9-10/h5,7,11H,2-4H2,1H3. The summed E-state index contributed by atoms with van der Waals surface area (Å²) in [6.07, 6.45) is 4.38. The van der Waals surface area contributed by atoms with Crippen LogP contribution in [0.3, 0.4) is 0 Å². The van der Waals surface area contributed by atoms with Crippen molar-refractivity contribution in [3.05, 3.63) is 17.5 Å². The molecule has 1 atom stereocenters. The van der Waals surface area contributed by atoms with Gasteiger partial charge in [-0.3, -0.25) is 4.68 Å². The molecule has 60 valence electrons. The summed E-state index contributed by atoms with van der Waals surface area (Å²) in [6.45, 7) is 0. The third kappa shape index (κ3) is 1.05. The largest absolute Gasteiger partial charge is 0.393 e. The van der Waals surface area contributed by atoms with Crippen LogP contribution in [0.25, 0.3) is 0 Å². The van der Waals surface area contributed by atoms with E-state index in [0.717, 1.165) is 19.3 Å². The molecule has 1 aromatic heterocycles. The van der Waals surface area contributed by atoms with Gasteiger partial charge in [-0.15, -0.1) is 0 Å². The van der Waals surface area contributed by atoms with E-state index >= 15 is 0 Å². The smallest absolute Gasteiger partial charge is 0.0598 e. The topological polar surface area (TPSA) is 38.0 Å². The molecule has 0 saturated heterocycles. The van der Waals surface area contributed by atoms with Crippen molar-refractivity contribution < 1.29 is 5.11 Å². The summed E-state index contributed by atoms with van der Waals surface area (Å²) in [5.41, 5.74) is 2.50. The molecule has 3 nitrogen and oxygen atoms in total. The Morgan fingerprint density at radius 1 is 1.73 bits per heavy atom. The van der Waals surface area contributed by atoms with Crippen molar-refractivity contribution in [3.8, 4) is 0 Å². The molecule has 0 spiro atoms. The first-order chi connectivity index (χ1) is 5.27. The van der Waals surface area contributed by atoms with Gasteiger partial charge in [0, 0.05) is 19.2 Å². The number of aliphatic hydroxyl groups is 1. The van der Waals surface area contributed by atoms with Crippen LogP contribution in [-0.2, 0) is 19.9 Å². The highest BCUT2D eigenvalue weighted by Gasteiger charge is 2.19. The first-order valence-corrected chi connectivity index (χ1v) is 3.95. The summed E-state index contributed by atoms with van der Waals surface area (Å²) in [4.78, 5) is 0. The Bertz CT molecular complexity index is 267. The van der Waals surface area contributed by atoms with Gasteiger partial charge >= 0.3 is 0 Å². The maximum atomic E-state index is 9.36. The van der Waals surface area contributed by atoms with Crippen molar-refractivity contribution in [3.63, 3.8) is 0 Å². The lowest BCUT2D eigenvalue weighted by Gasteiger charge is -2.17. The average molecular weight is 152 g/mol. The average Bonchev–Trinajstić information content (AvgIpc) is 2.33. The first-order valence-electron chi connectivity index (χ1n) is 3.95. The summed E-state index contributed by atoms with van der Waals surface area (Å²) in [6, 6.07) is 0. The van der Waals surface area contributed by atoms with E-state index in [4.69, 9.17) is 0 Å². The Labute approximate surface area is 65.7 Å². The molecule has 2 rings (SSSR count). The molecule has 11 heavy (non-hydrogen) atoms. The van der Waals surface area contributed by atoms with E-state index in [2.05, 4.69) is 5.10 Å². The van der Waals surface area contributed by atoms with Crippen LogP contribution in [0.1, 0.15) is 17.7 Å². The number of aromatic nitrogens is 2. The molecule has 1 aliphatic rings. The highest BCUT2D eigenvalue weighted by atomic mass is 16.3. The van der Waals surface area contributed by atoms with Gasteiger partial charge in [0.1, 0.15) is 0 Å². The van der Waals surface area contributed by atoms with Gasteiger partial charge in [-0.05, 0) is 18.4 Å². The van der Waals surface area contributed by atoms with Crippen molar-refractivity contribution in [1.29, 1.82) is 0 Å². The van der Waals surface area contributed by atoms with E-state index in [1.807, 2.05) is 17.9 Å². The van der Waals surface area contributed by atoms with Gasteiger partial charge in [0.25, 0.3) is 0 Å². The van der Waals surface area contributed by atoms with Gasteiger partial charge in [-0.2, -0.15) is 5.10 Å². The van der Waals surface area contributed by atoms with E-state index in [-0.39, 0.29) is 6.10 Å². The quantitative estimate of drug-likeness (QED) is 0.579. The molecular formula is C8H12N2O. The Kier molecular flexibility index (Phi) is 1.46. The molecule has 3 heteroatoms. The van der Waals surface area contributed by atoms with Crippen LogP contribution in [-0.4, -0.2) is 21.0 Å². The number of aryl methyl sites for hydroxylation is 2. The minimum absolute atomic E-state index is 0.155. The van der Waals surface area contributed by atoms with E-state index in [1.54, 1.807) is 0 Å². The van der Waals surface area contributed by atoms with Crippen LogP contribution >= 0.6 is 0 Å². The molecule has 1 heterocycles. The number of fused-ring (bicyclic) bond motifs is 1. The lowest BCUT2D eigenvalue weighted by atomic mass is 9.96. The Morgan fingerprint density at radius 2 is 2.55 bits per heavy atom. The van der Waals surface area contributed by atoms with Gasteiger partial charge in [-0.25, -0.2) is 0 Å². The van der Waals surface area contributed by atoms with Crippen LogP contribution in [0, 0.1) is 0 Å². The van der Waals surface area contributed by atoms with Crippen molar-refractivity contribution >= 4 is 0 Å². The second kappa shape index (κ2) is 2.34. The fourth-order valence-corrected chi connectivity index (χ4v) is 1.63. The summed E-state index contributed by atoms with van der Waals surface area (Å²) in [5.74, 6) is 0. The highest BCUT2D eigenvalue weighted by Crippen LogP contribution is 2.19. The van der Waals surface area contributed by atoms with Gasteiger partial charge in [-0.1, -0.05) is 0 Å². The molecule has 0 bridgehead atoms. The highest BCUT2D eigenvalue weighted by molar-refractivity contribution is 5.21. The van der Waals surface area contributed by atoms with Crippen LogP contribution in [0.15, 0.2) is 6.20 Å². The number of hydrogen-bond acceptors (Lipinski definition) is 2. The zero-order valence-electron chi connectivity index (χ0n) is 6.62. The van der Waals surface area contributed by atoms with Crippen molar-refractivity contribution in [1.82, 2.24) is 9.78 Å². The predicted molar refractivity (Wildman–Crippen MR) is 41.2 cm³/mol.